The Balaban J connectivity index is 2.17. The molecule has 0 fully saturated rings. The summed E-state index contributed by atoms with van der Waals surface area (Å²) in [4.78, 5) is 31.3. The van der Waals surface area contributed by atoms with Gasteiger partial charge in [-0.05, 0) is 19.1 Å². The van der Waals surface area contributed by atoms with Gasteiger partial charge in [0.2, 0.25) is 0 Å². The Bertz CT molecular complexity index is 686. The second-order valence-corrected chi connectivity index (χ2v) is 4.67. The number of rotatable bonds is 5. The van der Waals surface area contributed by atoms with E-state index in [-0.39, 0.29) is 13.0 Å². The summed E-state index contributed by atoms with van der Waals surface area (Å²) in [7, 11) is 1.63. The van der Waals surface area contributed by atoms with Crippen molar-refractivity contribution >= 4 is 23.1 Å². The monoisotopic (exact) mass is 309 g/mol. The van der Waals surface area contributed by atoms with Gasteiger partial charge in [0.05, 0.1) is 23.8 Å². The first-order chi connectivity index (χ1) is 10.5. The van der Waals surface area contributed by atoms with Gasteiger partial charge in [-0.3, -0.25) is 4.94 Å². The van der Waals surface area contributed by atoms with Crippen LogP contribution in [0.15, 0.2) is 24.5 Å². The molecule has 0 aliphatic rings. The van der Waals surface area contributed by atoms with Crippen LogP contribution in [-0.2, 0) is 16.3 Å². The van der Waals surface area contributed by atoms with Gasteiger partial charge >= 0.3 is 12.1 Å². The van der Waals surface area contributed by atoms with Crippen LogP contribution in [0, 0.1) is 0 Å². The third-order valence-corrected chi connectivity index (χ3v) is 3.23. The van der Waals surface area contributed by atoms with E-state index in [1.807, 2.05) is 6.92 Å². The van der Waals surface area contributed by atoms with E-state index in [4.69, 9.17) is 4.74 Å². The number of imidazole rings is 1. The number of hydrogen-bond acceptors (Lipinski definition) is 5. The molecule has 0 aliphatic carbocycles. The minimum atomic E-state index is -0.950. The number of nitrogens with zero attached hydrogens (tertiary/aromatic N) is 3. The number of ether oxygens (including phenoxy) is 1. The topological polar surface area (TPSA) is 73.7 Å². The summed E-state index contributed by atoms with van der Waals surface area (Å²) in [5.41, 5.74) is 1.35. The fourth-order valence-electron chi connectivity index (χ4n) is 1.84. The van der Waals surface area contributed by atoms with E-state index in [0.717, 1.165) is 0 Å². The van der Waals surface area contributed by atoms with Crippen molar-refractivity contribution < 1.29 is 23.8 Å². The van der Waals surface area contributed by atoms with Crippen LogP contribution in [0.1, 0.15) is 13.3 Å². The Labute approximate surface area is 126 Å². The van der Waals surface area contributed by atoms with Crippen molar-refractivity contribution in [1.29, 1.82) is 0 Å². The number of aryl methyl sites for hydroxylation is 1. The molecule has 0 saturated heterocycles. The summed E-state index contributed by atoms with van der Waals surface area (Å²) in [5, 5.41) is 0. The Hall–Kier alpha value is -2.64. The molecule has 0 N–H and O–H groups in total. The molecule has 22 heavy (non-hydrogen) atoms. The highest BCUT2D eigenvalue weighted by molar-refractivity contribution is 5.79. The summed E-state index contributed by atoms with van der Waals surface area (Å²) in [6.07, 6.45) is 0.943. The van der Waals surface area contributed by atoms with Gasteiger partial charge in [-0.2, -0.15) is 0 Å². The standard InChI is InChI=1S/C14H16FN3O4/c1-3-17(2)14(20)21-10-4-5-11-12(8-10)18(9-16-11)7-6-13(19)22-15/h4-5,8-9H,3,6-7H2,1-2H3. The summed E-state index contributed by atoms with van der Waals surface area (Å²) >= 11 is 0. The zero-order valence-corrected chi connectivity index (χ0v) is 12.3. The van der Waals surface area contributed by atoms with Crippen LogP contribution in [-0.4, -0.2) is 40.1 Å². The number of hydrogen-bond donors (Lipinski definition) is 0. The Morgan fingerprint density at radius 1 is 1.41 bits per heavy atom. The minimum absolute atomic E-state index is 0.120. The molecule has 1 aromatic heterocycles. The molecule has 0 radical (unpaired) electrons. The molecule has 2 rings (SSSR count). The van der Waals surface area contributed by atoms with Gasteiger partial charge in [-0.25, -0.2) is 14.6 Å². The first-order valence-electron chi connectivity index (χ1n) is 6.74. The molecule has 118 valence electrons. The number of fused-ring (bicyclic) bond motifs is 1. The quantitative estimate of drug-likeness (QED) is 0.847. The van der Waals surface area contributed by atoms with Gasteiger partial charge in [0.25, 0.3) is 0 Å². The van der Waals surface area contributed by atoms with Crippen molar-refractivity contribution in [3.8, 4) is 5.75 Å². The van der Waals surface area contributed by atoms with Crippen LogP contribution in [0.5, 0.6) is 5.75 Å². The second kappa shape index (κ2) is 6.88. The van der Waals surface area contributed by atoms with Crippen LogP contribution in [0.25, 0.3) is 11.0 Å². The zero-order valence-electron chi connectivity index (χ0n) is 12.3. The molecule has 7 nitrogen and oxygen atoms in total. The smallest absolute Gasteiger partial charge is 0.410 e. The van der Waals surface area contributed by atoms with E-state index >= 15 is 0 Å². The molecule has 1 heterocycles. The maximum atomic E-state index is 11.7. The summed E-state index contributed by atoms with van der Waals surface area (Å²) in [6.45, 7) is 2.58. The van der Waals surface area contributed by atoms with Crippen molar-refractivity contribution in [2.45, 2.75) is 19.9 Å². The van der Waals surface area contributed by atoms with Gasteiger partial charge in [-0.1, -0.05) is 0 Å². The lowest BCUT2D eigenvalue weighted by atomic mass is 10.3. The molecule has 1 aromatic carbocycles. The molecular weight excluding hydrogens is 293 g/mol. The molecule has 8 heteroatoms. The average Bonchev–Trinajstić information content (AvgIpc) is 2.94. The van der Waals surface area contributed by atoms with Crippen molar-refractivity contribution in [1.82, 2.24) is 14.5 Å². The van der Waals surface area contributed by atoms with Gasteiger partial charge in [0, 0.05) is 30.7 Å². The Morgan fingerprint density at radius 2 is 2.18 bits per heavy atom. The normalized spacial score (nSPS) is 10.5. The van der Waals surface area contributed by atoms with Crippen LogP contribution < -0.4 is 4.74 Å². The average molecular weight is 309 g/mol. The highest BCUT2D eigenvalue weighted by Gasteiger charge is 2.12. The van der Waals surface area contributed by atoms with E-state index in [1.54, 1.807) is 29.8 Å². The maximum absolute atomic E-state index is 11.7. The van der Waals surface area contributed by atoms with E-state index in [0.29, 0.717) is 23.3 Å². The number of carbonyl (C=O) groups excluding carboxylic acids is 2. The van der Waals surface area contributed by atoms with E-state index in [1.165, 1.54) is 11.2 Å². The third kappa shape index (κ3) is 3.51. The molecule has 0 unspecified atom stereocenters. The largest absolute Gasteiger partial charge is 0.414 e. The molecule has 1 amide bonds. The predicted octanol–water partition coefficient (Wildman–Crippen LogP) is 2.30. The lowest BCUT2D eigenvalue weighted by Gasteiger charge is -2.14. The molecule has 0 bridgehead atoms. The number of amides is 1. The lowest BCUT2D eigenvalue weighted by Crippen LogP contribution is -2.29. The second-order valence-electron chi connectivity index (χ2n) is 4.67. The van der Waals surface area contributed by atoms with E-state index in [2.05, 4.69) is 9.93 Å². The number of benzene rings is 1. The van der Waals surface area contributed by atoms with Crippen molar-refractivity contribution in [3.05, 3.63) is 24.5 Å². The van der Waals surface area contributed by atoms with Gasteiger partial charge in [0.1, 0.15) is 5.75 Å². The van der Waals surface area contributed by atoms with Gasteiger partial charge < -0.3 is 14.2 Å². The van der Waals surface area contributed by atoms with Crippen molar-refractivity contribution in [2.75, 3.05) is 13.6 Å². The summed E-state index contributed by atoms with van der Waals surface area (Å²) in [6, 6.07) is 4.98. The Kier molecular flexibility index (Phi) is 4.92. The summed E-state index contributed by atoms with van der Waals surface area (Å²) in [5.74, 6) is -0.582. The minimum Gasteiger partial charge on any atom is -0.410 e. The number of carbonyl (C=O) groups is 2. The number of halogens is 1. The first-order valence-corrected chi connectivity index (χ1v) is 6.74. The predicted molar refractivity (Wildman–Crippen MR) is 75.9 cm³/mol. The Morgan fingerprint density at radius 3 is 2.86 bits per heavy atom. The highest BCUT2D eigenvalue weighted by atomic mass is 19.3. The van der Waals surface area contributed by atoms with Crippen LogP contribution in [0.3, 0.4) is 0 Å². The highest BCUT2D eigenvalue weighted by Crippen LogP contribution is 2.21. The van der Waals surface area contributed by atoms with Crippen LogP contribution in [0.4, 0.5) is 9.32 Å². The molecule has 0 saturated carbocycles. The maximum Gasteiger partial charge on any atom is 0.414 e. The van der Waals surface area contributed by atoms with Gasteiger partial charge in [-0.15, -0.1) is 0 Å². The third-order valence-electron chi connectivity index (χ3n) is 3.23. The van der Waals surface area contributed by atoms with Crippen molar-refractivity contribution in [2.24, 2.45) is 0 Å². The molecule has 0 aliphatic heterocycles. The molecule has 0 spiro atoms. The number of aromatic nitrogens is 2. The van der Waals surface area contributed by atoms with Gasteiger partial charge in [0.15, 0.2) is 0 Å². The van der Waals surface area contributed by atoms with E-state index < -0.39 is 12.1 Å². The SMILES string of the molecule is CCN(C)C(=O)Oc1ccc2ncn(CCC(=O)OF)c2c1. The van der Waals surface area contributed by atoms with Crippen LogP contribution >= 0.6 is 0 Å². The molecular formula is C14H16FN3O4. The molecule has 2 aromatic rings. The fourth-order valence-corrected chi connectivity index (χ4v) is 1.84. The fraction of sp³-hybridized carbons (Fsp3) is 0.357. The van der Waals surface area contributed by atoms with E-state index in [9.17, 15) is 14.1 Å². The first kappa shape index (κ1) is 15.7. The van der Waals surface area contributed by atoms with Crippen molar-refractivity contribution in [3.63, 3.8) is 0 Å². The zero-order chi connectivity index (χ0) is 16.1. The molecule has 0 atom stereocenters. The lowest BCUT2D eigenvalue weighted by molar-refractivity contribution is -0.183. The van der Waals surface area contributed by atoms with Crippen LogP contribution in [0.2, 0.25) is 0 Å². The summed E-state index contributed by atoms with van der Waals surface area (Å²) < 4.78 is 18.6.